The van der Waals surface area contributed by atoms with Gasteiger partial charge in [0.15, 0.2) is 0 Å². The molecular weight excluding hydrogens is 227 g/mol. The Kier molecular flexibility index (Phi) is 2.92. The highest BCUT2D eigenvalue weighted by atomic mass is 19.1. The number of hydrogen-bond donors (Lipinski definition) is 1. The Bertz CT molecular complexity index is 458. The molecular formula is C15H21FN2. The largest absolute Gasteiger partial charge is 0.397 e. The average Bonchev–Trinajstić information content (AvgIpc) is 2.78. The lowest BCUT2D eigenvalue weighted by molar-refractivity contribution is 0.342. The molecule has 2 fully saturated rings. The van der Waals surface area contributed by atoms with E-state index in [2.05, 4.69) is 4.90 Å². The molecule has 1 aliphatic carbocycles. The summed E-state index contributed by atoms with van der Waals surface area (Å²) in [6.07, 6.45) is 6.56. The fraction of sp³-hybridized carbons (Fsp3) is 0.600. The normalized spacial score (nSPS) is 27.3. The Morgan fingerprint density at radius 1 is 1.22 bits per heavy atom. The molecule has 98 valence electrons. The molecule has 1 saturated carbocycles. The highest BCUT2D eigenvalue weighted by Gasteiger charge is 2.36. The van der Waals surface area contributed by atoms with Crippen molar-refractivity contribution < 1.29 is 4.39 Å². The van der Waals surface area contributed by atoms with Crippen molar-refractivity contribution in [2.24, 2.45) is 5.92 Å². The summed E-state index contributed by atoms with van der Waals surface area (Å²) in [6.45, 7) is 2.89. The molecule has 1 saturated heterocycles. The van der Waals surface area contributed by atoms with Gasteiger partial charge in [0, 0.05) is 12.6 Å². The fourth-order valence-electron chi connectivity index (χ4n) is 3.64. The number of rotatable bonds is 1. The number of benzene rings is 1. The average molecular weight is 248 g/mol. The maximum absolute atomic E-state index is 13.5. The highest BCUT2D eigenvalue weighted by molar-refractivity contribution is 5.69. The Labute approximate surface area is 108 Å². The molecule has 3 heteroatoms. The zero-order valence-electron chi connectivity index (χ0n) is 11.0. The van der Waals surface area contributed by atoms with Crippen molar-refractivity contribution in [1.29, 1.82) is 0 Å². The van der Waals surface area contributed by atoms with Crippen LogP contribution in [0.2, 0.25) is 0 Å². The van der Waals surface area contributed by atoms with Crippen molar-refractivity contribution in [2.45, 2.75) is 45.1 Å². The Morgan fingerprint density at radius 2 is 2.00 bits per heavy atom. The van der Waals surface area contributed by atoms with E-state index in [4.69, 9.17) is 5.73 Å². The van der Waals surface area contributed by atoms with Gasteiger partial charge in [-0.25, -0.2) is 4.39 Å². The van der Waals surface area contributed by atoms with Crippen LogP contribution >= 0.6 is 0 Å². The molecule has 1 aliphatic heterocycles. The Balaban J connectivity index is 1.93. The number of aryl methyl sites for hydroxylation is 1. The molecule has 1 aromatic rings. The van der Waals surface area contributed by atoms with Crippen molar-refractivity contribution in [3.63, 3.8) is 0 Å². The van der Waals surface area contributed by atoms with Crippen molar-refractivity contribution >= 4 is 11.4 Å². The molecule has 0 amide bonds. The van der Waals surface area contributed by atoms with E-state index in [0.29, 0.717) is 17.3 Å². The van der Waals surface area contributed by atoms with Gasteiger partial charge in [0.2, 0.25) is 0 Å². The molecule has 2 N–H and O–H groups in total. The predicted octanol–water partition coefficient (Wildman–Crippen LogP) is 3.49. The van der Waals surface area contributed by atoms with Crippen LogP contribution in [0, 0.1) is 18.7 Å². The van der Waals surface area contributed by atoms with Gasteiger partial charge in [-0.15, -0.1) is 0 Å². The first kappa shape index (κ1) is 11.8. The van der Waals surface area contributed by atoms with Gasteiger partial charge in [-0.1, -0.05) is 12.8 Å². The summed E-state index contributed by atoms with van der Waals surface area (Å²) in [5.41, 5.74) is 8.34. The number of anilines is 2. The van der Waals surface area contributed by atoms with Gasteiger partial charge in [0.05, 0.1) is 11.4 Å². The second kappa shape index (κ2) is 4.45. The van der Waals surface area contributed by atoms with E-state index in [1.165, 1.54) is 38.2 Å². The summed E-state index contributed by atoms with van der Waals surface area (Å²) in [4.78, 5) is 2.42. The van der Waals surface area contributed by atoms with Gasteiger partial charge in [-0.3, -0.25) is 0 Å². The lowest BCUT2D eigenvalue weighted by Crippen LogP contribution is -2.35. The molecule has 0 bridgehead atoms. The summed E-state index contributed by atoms with van der Waals surface area (Å²) in [5, 5.41) is 0. The lowest BCUT2D eigenvalue weighted by atomic mass is 9.85. The first-order chi connectivity index (χ1) is 8.66. The maximum atomic E-state index is 13.5. The van der Waals surface area contributed by atoms with Crippen molar-refractivity contribution in [3.8, 4) is 0 Å². The van der Waals surface area contributed by atoms with Gasteiger partial charge < -0.3 is 10.6 Å². The molecule has 2 aliphatic rings. The van der Waals surface area contributed by atoms with Crippen molar-refractivity contribution in [2.75, 3.05) is 17.2 Å². The van der Waals surface area contributed by atoms with Crippen molar-refractivity contribution in [3.05, 3.63) is 23.5 Å². The van der Waals surface area contributed by atoms with Crippen LogP contribution in [0.4, 0.5) is 15.8 Å². The minimum atomic E-state index is -0.198. The second-order valence-corrected chi connectivity index (χ2v) is 5.75. The van der Waals surface area contributed by atoms with Crippen LogP contribution in [0.15, 0.2) is 12.1 Å². The van der Waals surface area contributed by atoms with Crippen LogP contribution in [0.1, 0.15) is 37.7 Å². The van der Waals surface area contributed by atoms with E-state index in [0.717, 1.165) is 18.2 Å². The maximum Gasteiger partial charge on any atom is 0.128 e. The number of nitrogens with two attached hydrogens (primary N) is 1. The summed E-state index contributed by atoms with van der Waals surface area (Å²) in [6, 6.07) is 4.02. The van der Waals surface area contributed by atoms with Crippen molar-refractivity contribution in [1.82, 2.24) is 0 Å². The molecule has 2 atom stereocenters. The van der Waals surface area contributed by atoms with Crippen LogP contribution < -0.4 is 10.6 Å². The number of hydrogen-bond acceptors (Lipinski definition) is 2. The van der Waals surface area contributed by atoms with Crippen LogP contribution in [0.3, 0.4) is 0 Å². The quantitative estimate of drug-likeness (QED) is 0.771. The Hall–Kier alpha value is -1.25. The molecule has 18 heavy (non-hydrogen) atoms. The molecule has 3 rings (SSSR count). The predicted molar refractivity (Wildman–Crippen MR) is 73.3 cm³/mol. The van der Waals surface area contributed by atoms with Gasteiger partial charge in [-0.05, 0) is 49.8 Å². The van der Waals surface area contributed by atoms with Gasteiger partial charge in [0.1, 0.15) is 5.82 Å². The number of fused-ring (bicyclic) bond motifs is 1. The zero-order chi connectivity index (χ0) is 12.7. The van der Waals surface area contributed by atoms with E-state index >= 15 is 0 Å². The summed E-state index contributed by atoms with van der Waals surface area (Å²) in [7, 11) is 0. The fourth-order valence-corrected chi connectivity index (χ4v) is 3.64. The lowest BCUT2D eigenvalue weighted by Gasteiger charge is -2.34. The van der Waals surface area contributed by atoms with Crippen LogP contribution in [-0.2, 0) is 0 Å². The van der Waals surface area contributed by atoms with E-state index in [-0.39, 0.29) is 5.82 Å². The number of nitrogen functional groups attached to an aromatic ring is 1. The monoisotopic (exact) mass is 248 g/mol. The number of nitrogens with zero attached hydrogens (tertiary/aromatic N) is 1. The van der Waals surface area contributed by atoms with E-state index in [1.807, 2.05) is 13.0 Å². The summed E-state index contributed by atoms with van der Waals surface area (Å²) in [5.74, 6) is 0.624. The zero-order valence-corrected chi connectivity index (χ0v) is 11.0. The minimum absolute atomic E-state index is 0.198. The molecule has 2 nitrogen and oxygen atoms in total. The molecule has 0 spiro atoms. The second-order valence-electron chi connectivity index (χ2n) is 5.75. The van der Waals surface area contributed by atoms with E-state index in [9.17, 15) is 4.39 Å². The third-order valence-corrected chi connectivity index (χ3v) is 4.63. The van der Waals surface area contributed by atoms with Gasteiger partial charge in [0.25, 0.3) is 0 Å². The Morgan fingerprint density at radius 3 is 2.83 bits per heavy atom. The molecule has 0 aromatic heterocycles. The van der Waals surface area contributed by atoms with Crippen LogP contribution in [-0.4, -0.2) is 12.6 Å². The molecule has 1 heterocycles. The topological polar surface area (TPSA) is 29.3 Å². The van der Waals surface area contributed by atoms with Gasteiger partial charge in [-0.2, -0.15) is 0 Å². The summed E-state index contributed by atoms with van der Waals surface area (Å²) >= 11 is 0. The third kappa shape index (κ3) is 1.86. The highest BCUT2D eigenvalue weighted by Crippen LogP contribution is 2.41. The smallest absolute Gasteiger partial charge is 0.128 e. The third-order valence-electron chi connectivity index (χ3n) is 4.63. The number of halogens is 1. The van der Waals surface area contributed by atoms with Crippen LogP contribution in [0.5, 0.6) is 0 Å². The van der Waals surface area contributed by atoms with Crippen LogP contribution in [0.25, 0.3) is 0 Å². The molecule has 1 aromatic carbocycles. The minimum Gasteiger partial charge on any atom is -0.397 e. The van der Waals surface area contributed by atoms with E-state index < -0.39 is 0 Å². The molecule has 2 unspecified atom stereocenters. The van der Waals surface area contributed by atoms with E-state index in [1.54, 1.807) is 0 Å². The summed E-state index contributed by atoms with van der Waals surface area (Å²) < 4.78 is 13.5. The first-order valence-corrected chi connectivity index (χ1v) is 6.99. The SMILES string of the molecule is Cc1cc(N2CCC3CCCCC32)c(N)cc1F. The standard InChI is InChI=1S/C15H21FN2/c1-10-8-15(13(17)9-12(10)16)18-7-6-11-4-2-3-5-14(11)18/h8-9,11,14H,2-7,17H2,1H3. The first-order valence-electron chi connectivity index (χ1n) is 6.99. The van der Waals surface area contributed by atoms with Gasteiger partial charge >= 0.3 is 0 Å². The molecule has 0 radical (unpaired) electrons.